The Kier molecular flexibility index (Phi) is 8.54. The number of nitrogens with zero attached hydrogens (tertiary/aromatic N) is 3. The number of thiol groups is 1. The number of aliphatic carboxylic acids is 1. The van der Waals surface area contributed by atoms with E-state index in [2.05, 4.69) is 14.9 Å². The van der Waals surface area contributed by atoms with Gasteiger partial charge in [0.15, 0.2) is 0 Å². The summed E-state index contributed by atoms with van der Waals surface area (Å²) in [5, 5.41) is 25.0. The lowest BCUT2D eigenvalue weighted by molar-refractivity contribution is -0.141. The number of pyridine rings is 1. The zero-order valence-corrected chi connectivity index (χ0v) is 22.0. The Balaban J connectivity index is 1.45. The summed E-state index contributed by atoms with van der Waals surface area (Å²) >= 11 is 12.8. The van der Waals surface area contributed by atoms with Gasteiger partial charge in [-0.05, 0) is 62.4 Å². The molecule has 0 radical (unpaired) electrons. The Hall–Kier alpha value is -1.91. The maximum atomic E-state index is 11.8. The van der Waals surface area contributed by atoms with Crippen LogP contribution >= 0.6 is 35.6 Å². The smallest absolute Gasteiger partial charge is 0.303 e. The Morgan fingerprint density at radius 3 is 2.77 bits per heavy atom. The van der Waals surface area contributed by atoms with E-state index < -0.39 is 12.1 Å². The summed E-state index contributed by atoms with van der Waals surface area (Å²) in [5.74, 6) is -0.148. The molecule has 2 aromatic heterocycles. The fraction of sp³-hybridized carbons (Fsp3) is 0.480. The summed E-state index contributed by atoms with van der Waals surface area (Å²) in [4.78, 5) is 22.8. The van der Waals surface area contributed by atoms with Crippen LogP contribution in [0.2, 0.25) is 5.02 Å². The maximum Gasteiger partial charge on any atom is 0.303 e. The zero-order chi connectivity index (χ0) is 25.0. The van der Waals surface area contributed by atoms with Crippen LogP contribution in [0, 0.1) is 5.41 Å². The van der Waals surface area contributed by atoms with E-state index in [4.69, 9.17) is 29.0 Å². The van der Waals surface area contributed by atoms with Crippen molar-refractivity contribution < 1.29 is 19.7 Å². The van der Waals surface area contributed by atoms with Crippen LogP contribution in [-0.4, -0.2) is 57.8 Å². The highest BCUT2D eigenvalue weighted by molar-refractivity contribution is 7.80. The van der Waals surface area contributed by atoms with Crippen molar-refractivity contribution in [2.45, 2.75) is 43.5 Å². The first kappa shape index (κ1) is 26.2. The number of carboxylic acid groups (broad SMARTS) is 1. The summed E-state index contributed by atoms with van der Waals surface area (Å²) in [6.45, 7) is 2.37. The largest absolute Gasteiger partial charge is 0.497 e. The third kappa shape index (κ3) is 6.27. The second-order valence-electron chi connectivity index (χ2n) is 9.21. The van der Waals surface area contributed by atoms with E-state index >= 15 is 0 Å². The van der Waals surface area contributed by atoms with Gasteiger partial charge in [0.05, 0.1) is 35.4 Å². The molecule has 0 spiro atoms. The van der Waals surface area contributed by atoms with E-state index in [-0.39, 0.29) is 17.1 Å². The summed E-state index contributed by atoms with van der Waals surface area (Å²) in [6, 6.07) is 5.48. The molecular formula is C25H30ClN3O4S2. The molecule has 2 N–H and O–H groups in total. The standard InChI is InChI=1S/C25H30ClN3O4S2/c1-33-16-2-3-19-17(12-16)23(18(26)14-28-19)20(30)4-5-25(13-22(31)32)6-9-29(10-7-25)15-21(34)24-27-8-11-35-24/h2-3,8,11-12,14,20-21,30,34H,4-7,9-10,13,15H2,1H3,(H,31,32)/t20-,21?/m0/s1. The number of rotatable bonds is 10. The Labute approximate surface area is 219 Å². The number of thiazole rings is 1. The molecule has 7 nitrogen and oxygen atoms in total. The van der Waals surface area contributed by atoms with Gasteiger partial charge in [0.25, 0.3) is 0 Å². The van der Waals surface area contributed by atoms with Crippen molar-refractivity contribution in [1.82, 2.24) is 14.9 Å². The zero-order valence-electron chi connectivity index (χ0n) is 19.6. The van der Waals surface area contributed by atoms with Crippen molar-refractivity contribution in [2.24, 2.45) is 5.41 Å². The van der Waals surface area contributed by atoms with Crippen LogP contribution in [0.4, 0.5) is 0 Å². The fourth-order valence-corrected chi connectivity index (χ4v) is 6.36. The first-order chi connectivity index (χ1) is 16.8. The Morgan fingerprint density at radius 2 is 2.11 bits per heavy atom. The number of aliphatic hydroxyl groups excluding tert-OH is 1. The highest BCUT2D eigenvalue weighted by Crippen LogP contribution is 2.43. The number of hydrogen-bond acceptors (Lipinski definition) is 8. The number of carboxylic acids is 1. The molecule has 4 rings (SSSR count). The van der Waals surface area contributed by atoms with Crippen molar-refractivity contribution in [3.8, 4) is 5.75 Å². The second kappa shape index (κ2) is 11.4. The van der Waals surface area contributed by atoms with Crippen LogP contribution in [0.3, 0.4) is 0 Å². The Morgan fingerprint density at radius 1 is 1.34 bits per heavy atom. The SMILES string of the molecule is COc1ccc2ncc(Cl)c([C@@H](O)CCC3(CC(=O)O)CCN(CC(S)c4nccs4)CC3)c2c1. The van der Waals surface area contributed by atoms with Gasteiger partial charge in [0.2, 0.25) is 0 Å². The van der Waals surface area contributed by atoms with Crippen molar-refractivity contribution in [3.05, 3.63) is 51.6 Å². The minimum absolute atomic E-state index is 0.0444. The van der Waals surface area contributed by atoms with Gasteiger partial charge in [0, 0.05) is 35.3 Å². The molecule has 0 saturated carbocycles. The van der Waals surface area contributed by atoms with Gasteiger partial charge >= 0.3 is 5.97 Å². The lowest BCUT2D eigenvalue weighted by Gasteiger charge is -2.42. The maximum absolute atomic E-state index is 11.8. The minimum atomic E-state index is -0.837. The molecule has 1 unspecified atom stereocenters. The van der Waals surface area contributed by atoms with Crippen molar-refractivity contribution in [3.63, 3.8) is 0 Å². The summed E-state index contributed by atoms with van der Waals surface area (Å²) in [6.07, 6.45) is 5.10. The monoisotopic (exact) mass is 535 g/mol. The average Bonchev–Trinajstić information content (AvgIpc) is 3.38. The number of hydrogen-bond donors (Lipinski definition) is 3. The first-order valence-corrected chi connectivity index (χ1v) is 13.4. The predicted octanol–water partition coefficient (Wildman–Crippen LogP) is 5.39. The van der Waals surface area contributed by atoms with Gasteiger partial charge in [-0.3, -0.25) is 9.78 Å². The lowest BCUT2D eigenvalue weighted by atomic mass is 9.71. The van der Waals surface area contributed by atoms with Gasteiger partial charge in [-0.25, -0.2) is 4.98 Å². The molecule has 1 aromatic carbocycles. The molecule has 1 fully saturated rings. The summed E-state index contributed by atoms with van der Waals surface area (Å²) < 4.78 is 5.34. The highest BCUT2D eigenvalue weighted by Gasteiger charge is 2.37. The molecule has 1 saturated heterocycles. The molecule has 188 valence electrons. The number of aliphatic hydroxyl groups is 1. The highest BCUT2D eigenvalue weighted by atomic mass is 35.5. The van der Waals surface area contributed by atoms with E-state index in [0.717, 1.165) is 48.4 Å². The third-order valence-corrected chi connectivity index (χ3v) is 8.73. The summed E-state index contributed by atoms with van der Waals surface area (Å²) in [7, 11) is 1.59. The van der Waals surface area contributed by atoms with E-state index in [1.807, 2.05) is 23.6 Å². The molecule has 3 heterocycles. The topological polar surface area (TPSA) is 95.8 Å². The van der Waals surface area contributed by atoms with Gasteiger partial charge in [0.1, 0.15) is 10.8 Å². The van der Waals surface area contributed by atoms with Gasteiger partial charge < -0.3 is 19.8 Å². The van der Waals surface area contributed by atoms with Crippen molar-refractivity contribution in [2.75, 3.05) is 26.7 Å². The lowest BCUT2D eigenvalue weighted by Crippen LogP contribution is -2.42. The van der Waals surface area contributed by atoms with Crippen LogP contribution in [0.15, 0.2) is 36.0 Å². The molecule has 0 amide bonds. The molecule has 0 bridgehead atoms. The molecule has 3 aromatic rings. The van der Waals surface area contributed by atoms with Gasteiger partial charge in [-0.15, -0.1) is 11.3 Å². The number of halogens is 1. The minimum Gasteiger partial charge on any atom is -0.497 e. The van der Waals surface area contributed by atoms with Crippen LogP contribution in [0.5, 0.6) is 5.75 Å². The van der Waals surface area contributed by atoms with E-state index in [1.165, 1.54) is 0 Å². The number of benzene rings is 1. The Bertz CT molecular complexity index is 1150. The molecule has 1 aliphatic rings. The van der Waals surface area contributed by atoms with Gasteiger partial charge in [-0.1, -0.05) is 11.6 Å². The second-order valence-corrected chi connectivity index (χ2v) is 11.2. The summed E-state index contributed by atoms with van der Waals surface area (Å²) in [5.41, 5.74) is 0.961. The predicted molar refractivity (Wildman–Crippen MR) is 142 cm³/mol. The number of piperidine rings is 1. The van der Waals surface area contributed by atoms with Crippen molar-refractivity contribution in [1.29, 1.82) is 0 Å². The number of fused-ring (bicyclic) bond motifs is 1. The molecule has 0 aliphatic carbocycles. The van der Waals surface area contributed by atoms with Gasteiger partial charge in [-0.2, -0.15) is 12.6 Å². The molecule has 35 heavy (non-hydrogen) atoms. The van der Waals surface area contributed by atoms with E-state index in [1.54, 1.807) is 30.8 Å². The number of carbonyl (C=O) groups is 1. The fourth-order valence-electron chi connectivity index (χ4n) is 4.99. The molecule has 10 heteroatoms. The van der Waals surface area contributed by atoms with Crippen LogP contribution < -0.4 is 4.74 Å². The first-order valence-electron chi connectivity index (χ1n) is 11.6. The van der Waals surface area contributed by atoms with Crippen LogP contribution in [-0.2, 0) is 4.79 Å². The number of ether oxygens (including phenoxy) is 1. The average molecular weight is 536 g/mol. The van der Waals surface area contributed by atoms with Crippen molar-refractivity contribution >= 4 is 52.4 Å². The third-order valence-electron chi connectivity index (χ3n) is 6.96. The van der Waals surface area contributed by atoms with E-state index in [0.29, 0.717) is 29.2 Å². The van der Waals surface area contributed by atoms with Crippen LogP contribution in [0.25, 0.3) is 10.9 Å². The number of methoxy groups -OCH3 is 1. The number of likely N-dealkylation sites (tertiary alicyclic amines) is 1. The molecule has 1 aliphatic heterocycles. The molecular weight excluding hydrogens is 506 g/mol. The quantitative estimate of drug-likeness (QED) is 0.299. The number of aromatic nitrogens is 2. The van der Waals surface area contributed by atoms with E-state index in [9.17, 15) is 15.0 Å². The van der Waals surface area contributed by atoms with Crippen LogP contribution in [0.1, 0.15) is 54.0 Å². The normalized spacial score (nSPS) is 17.8. The molecule has 2 atom stereocenters.